The van der Waals surface area contributed by atoms with Crippen LogP contribution in [0.3, 0.4) is 0 Å². The second kappa shape index (κ2) is 6.27. The average molecular weight is 242 g/mol. The third kappa shape index (κ3) is 3.64. The van der Waals surface area contributed by atoms with Crippen LogP contribution in [0.1, 0.15) is 33.1 Å². The lowest BCUT2D eigenvalue weighted by Crippen LogP contribution is -2.54. The second-order valence-corrected chi connectivity index (χ2v) is 6.84. The zero-order valence-electron chi connectivity index (χ0n) is 10.7. The maximum atomic E-state index is 3.67. The van der Waals surface area contributed by atoms with Gasteiger partial charge in [0.1, 0.15) is 0 Å². The van der Waals surface area contributed by atoms with Crippen molar-refractivity contribution in [1.29, 1.82) is 0 Å². The lowest BCUT2D eigenvalue weighted by Gasteiger charge is -2.40. The monoisotopic (exact) mass is 242 g/mol. The summed E-state index contributed by atoms with van der Waals surface area (Å²) in [6.07, 6.45) is 4.16. The van der Waals surface area contributed by atoms with Crippen molar-refractivity contribution < 1.29 is 0 Å². The summed E-state index contributed by atoms with van der Waals surface area (Å²) in [5, 5.41) is 3.67. The highest BCUT2D eigenvalue weighted by Crippen LogP contribution is 2.23. The SMILES string of the molecule is CC(C)CC1CN(C2CCSCC2)CCN1. The molecular formula is C13H26N2S. The largest absolute Gasteiger partial charge is 0.311 e. The van der Waals surface area contributed by atoms with Crippen molar-refractivity contribution in [3.05, 3.63) is 0 Å². The summed E-state index contributed by atoms with van der Waals surface area (Å²) >= 11 is 2.13. The van der Waals surface area contributed by atoms with Crippen LogP contribution in [-0.4, -0.2) is 48.1 Å². The first-order valence-electron chi connectivity index (χ1n) is 6.81. The predicted octanol–water partition coefficient (Wildman–Crippen LogP) is 2.20. The van der Waals surface area contributed by atoms with Gasteiger partial charge in [0, 0.05) is 31.7 Å². The van der Waals surface area contributed by atoms with Crippen molar-refractivity contribution in [2.24, 2.45) is 5.92 Å². The summed E-state index contributed by atoms with van der Waals surface area (Å²) in [7, 11) is 0. The number of hydrogen-bond acceptors (Lipinski definition) is 3. The highest BCUT2D eigenvalue weighted by molar-refractivity contribution is 7.99. The standard InChI is InChI=1S/C13H26N2S/c1-11(2)9-12-10-15(6-5-14-12)13-3-7-16-8-4-13/h11-14H,3-10H2,1-2H3. The highest BCUT2D eigenvalue weighted by Gasteiger charge is 2.26. The third-order valence-corrected chi connectivity index (χ3v) is 4.80. The Kier molecular flexibility index (Phi) is 4.98. The molecule has 2 rings (SSSR count). The first kappa shape index (κ1) is 12.7. The zero-order valence-corrected chi connectivity index (χ0v) is 11.6. The quantitative estimate of drug-likeness (QED) is 0.817. The minimum absolute atomic E-state index is 0.739. The maximum Gasteiger partial charge on any atom is 0.0198 e. The molecule has 2 aliphatic rings. The third-order valence-electron chi connectivity index (χ3n) is 3.75. The molecule has 1 N–H and O–H groups in total. The van der Waals surface area contributed by atoms with Crippen molar-refractivity contribution in [2.75, 3.05) is 31.1 Å². The molecule has 16 heavy (non-hydrogen) atoms. The molecule has 0 aromatic rings. The Hall–Kier alpha value is 0.270. The van der Waals surface area contributed by atoms with Crippen molar-refractivity contribution >= 4 is 11.8 Å². The minimum Gasteiger partial charge on any atom is -0.311 e. The molecule has 0 radical (unpaired) electrons. The smallest absolute Gasteiger partial charge is 0.0198 e. The van der Waals surface area contributed by atoms with E-state index >= 15 is 0 Å². The van der Waals surface area contributed by atoms with Crippen LogP contribution in [0, 0.1) is 5.92 Å². The lowest BCUT2D eigenvalue weighted by atomic mass is 10.00. The number of rotatable bonds is 3. The Bertz CT molecular complexity index is 202. The number of nitrogens with one attached hydrogen (secondary N) is 1. The van der Waals surface area contributed by atoms with E-state index in [-0.39, 0.29) is 0 Å². The van der Waals surface area contributed by atoms with E-state index in [2.05, 4.69) is 35.8 Å². The van der Waals surface area contributed by atoms with Gasteiger partial charge in [-0.3, -0.25) is 4.90 Å². The van der Waals surface area contributed by atoms with Gasteiger partial charge in [0.25, 0.3) is 0 Å². The van der Waals surface area contributed by atoms with Crippen LogP contribution < -0.4 is 5.32 Å². The summed E-state index contributed by atoms with van der Waals surface area (Å²) in [6.45, 7) is 8.41. The molecular weight excluding hydrogens is 216 g/mol. The average Bonchev–Trinajstić information content (AvgIpc) is 2.30. The van der Waals surface area contributed by atoms with E-state index in [9.17, 15) is 0 Å². The number of piperazine rings is 1. The van der Waals surface area contributed by atoms with Gasteiger partial charge in [-0.1, -0.05) is 13.8 Å². The van der Waals surface area contributed by atoms with Gasteiger partial charge in [-0.2, -0.15) is 11.8 Å². The van der Waals surface area contributed by atoms with Crippen molar-refractivity contribution in [3.63, 3.8) is 0 Å². The summed E-state index contributed by atoms with van der Waals surface area (Å²) in [6, 6.07) is 1.63. The van der Waals surface area contributed by atoms with E-state index in [0.29, 0.717) is 0 Å². The summed E-state index contributed by atoms with van der Waals surface area (Å²) in [5.41, 5.74) is 0. The Labute approximate surface area is 105 Å². The molecule has 2 nitrogen and oxygen atoms in total. The molecule has 0 bridgehead atoms. The molecule has 2 fully saturated rings. The molecule has 2 heterocycles. The van der Waals surface area contributed by atoms with Gasteiger partial charge in [0.05, 0.1) is 0 Å². The molecule has 0 aromatic heterocycles. The first-order chi connectivity index (χ1) is 7.75. The van der Waals surface area contributed by atoms with Gasteiger partial charge in [-0.05, 0) is 36.7 Å². The fourth-order valence-corrected chi connectivity index (χ4v) is 4.04. The van der Waals surface area contributed by atoms with Gasteiger partial charge >= 0.3 is 0 Å². The van der Waals surface area contributed by atoms with Crippen molar-refractivity contribution in [3.8, 4) is 0 Å². The molecule has 0 spiro atoms. The molecule has 0 saturated carbocycles. The molecule has 0 aromatic carbocycles. The van der Waals surface area contributed by atoms with Crippen LogP contribution in [0.15, 0.2) is 0 Å². The minimum atomic E-state index is 0.739. The van der Waals surface area contributed by atoms with Crippen LogP contribution in [0.25, 0.3) is 0 Å². The van der Waals surface area contributed by atoms with Gasteiger partial charge in [0.2, 0.25) is 0 Å². The number of thioether (sulfide) groups is 1. The van der Waals surface area contributed by atoms with Gasteiger partial charge in [-0.15, -0.1) is 0 Å². The van der Waals surface area contributed by atoms with E-state index in [0.717, 1.165) is 18.0 Å². The molecule has 2 saturated heterocycles. The fraction of sp³-hybridized carbons (Fsp3) is 1.00. The van der Waals surface area contributed by atoms with E-state index in [4.69, 9.17) is 0 Å². The number of hydrogen-bond donors (Lipinski definition) is 1. The molecule has 2 aliphatic heterocycles. The Morgan fingerprint density at radius 3 is 2.75 bits per heavy atom. The van der Waals surface area contributed by atoms with E-state index in [1.54, 1.807) is 0 Å². The molecule has 94 valence electrons. The van der Waals surface area contributed by atoms with Crippen LogP contribution in [0.5, 0.6) is 0 Å². The topological polar surface area (TPSA) is 15.3 Å². The van der Waals surface area contributed by atoms with Crippen LogP contribution in [0.2, 0.25) is 0 Å². The Morgan fingerprint density at radius 1 is 1.31 bits per heavy atom. The van der Waals surface area contributed by atoms with E-state index in [1.165, 1.54) is 50.4 Å². The summed E-state index contributed by atoms with van der Waals surface area (Å²) in [5.74, 6) is 3.58. The summed E-state index contributed by atoms with van der Waals surface area (Å²) in [4.78, 5) is 2.75. The van der Waals surface area contributed by atoms with Gasteiger partial charge in [0.15, 0.2) is 0 Å². The van der Waals surface area contributed by atoms with Crippen molar-refractivity contribution in [2.45, 2.75) is 45.2 Å². The predicted molar refractivity (Wildman–Crippen MR) is 73.2 cm³/mol. The fourth-order valence-electron chi connectivity index (χ4n) is 2.96. The Balaban J connectivity index is 1.80. The first-order valence-corrected chi connectivity index (χ1v) is 7.96. The highest BCUT2D eigenvalue weighted by atomic mass is 32.2. The molecule has 3 heteroatoms. The zero-order chi connectivity index (χ0) is 11.4. The van der Waals surface area contributed by atoms with Crippen molar-refractivity contribution in [1.82, 2.24) is 10.2 Å². The molecule has 0 aliphatic carbocycles. The Morgan fingerprint density at radius 2 is 2.06 bits per heavy atom. The van der Waals surface area contributed by atoms with E-state index in [1.807, 2.05) is 0 Å². The lowest BCUT2D eigenvalue weighted by molar-refractivity contribution is 0.128. The van der Waals surface area contributed by atoms with Gasteiger partial charge in [-0.25, -0.2) is 0 Å². The molecule has 1 unspecified atom stereocenters. The van der Waals surface area contributed by atoms with E-state index < -0.39 is 0 Å². The second-order valence-electron chi connectivity index (χ2n) is 5.62. The van der Waals surface area contributed by atoms with Gasteiger partial charge < -0.3 is 5.32 Å². The van der Waals surface area contributed by atoms with Crippen LogP contribution >= 0.6 is 11.8 Å². The van der Waals surface area contributed by atoms with Crippen LogP contribution in [0.4, 0.5) is 0 Å². The summed E-state index contributed by atoms with van der Waals surface area (Å²) < 4.78 is 0. The molecule has 1 atom stereocenters. The maximum absolute atomic E-state index is 3.67. The number of nitrogens with zero attached hydrogens (tertiary/aromatic N) is 1. The molecule has 0 amide bonds. The van der Waals surface area contributed by atoms with Crippen LogP contribution in [-0.2, 0) is 0 Å². The normalized spacial score (nSPS) is 29.8.